The lowest BCUT2D eigenvalue weighted by Crippen LogP contribution is -2.32. The highest BCUT2D eigenvalue weighted by molar-refractivity contribution is 7.19. The monoisotopic (exact) mass is 712 g/mol. The van der Waals surface area contributed by atoms with Gasteiger partial charge in [-0.3, -0.25) is 17.3 Å². The Morgan fingerprint density at radius 1 is 0.725 bits per heavy atom. The van der Waals surface area contributed by atoms with Crippen molar-refractivity contribution >= 4 is 81.8 Å². The first-order valence-electron chi connectivity index (χ1n) is 15.5. The summed E-state index contributed by atoms with van der Waals surface area (Å²) in [5.74, 6) is 0. The Kier molecular flexibility index (Phi) is 9.04. The molecule has 0 radical (unpaired) electrons. The summed E-state index contributed by atoms with van der Waals surface area (Å²) in [6.45, 7) is 5.63. The minimum Gasteiger partial charge on any atom is -0.323 e. The molecule has 0 unspecified atom stereocenters. The number of thiazole rings is 2. The third-order valence-corrected chi connectivity index (χ3v) is 10.4. The zero-order valence-electron chi connectivity index (χ0n) is 26.7. The molecule has 0 bridgehead atoms. The van der Waals surface area contributed by atoms with Crippen LogP contribution in [0.15, 0.2) is 97.6 Å². The summed E-state index contributed by atoms with van der Waals surface area (Å²) in [6, 6.07) is 27.6. The van der Waals surface area contributed by atoms with Gasteiger partial charge in [-0.2, -0.15) is 10.5 Å². The molecule has 0 atom stereocenters. The van der Waals surface area contributed by atoms with Crippen LogP contribution < -0.4 is 10.7 Å². The van der Waals surface area contributed by atoms with Crippen LogP contribution in [0, 0.1) is 22.7 Å². The summed E-state index contributed by atoms with van der Waals surface area (Å²) in [5.41, 5.74) is 0.793. The van der Waals surface area contributed by atoms with Crippen LogP contribution in [0.3, 0.4) is 0 Å². The lowest BCUT2D eigenvalue weighted by Gasteiger charge is -2.12. The number of rotatable bonds is 8. The van der Waals surface area contributed by atoms with E-state index in [-0.39, 0.29) is 65.1 Å². The van der Waals surface area contributed by atoms with Crippen molar-refractivity contribution in [3.63, 3.8) is 0 Å². The Morgan fingerprint density at radius 2 is 1.22 bits per heavy atom. The topological polar surface area (TPSA) is 83.2 Å². The fourth-order valence-electron chi connectivity index (χ4n) is 6.30. The van der Waals surface area contributed by atoms with Gasteiger partial charge in [0.2, 0.25) is 0 Å². The number of halogens is 4. The van der Waals surface area contributed by atoms with Crippen molar-refractivity contribution in [3.8, 4) is 34.7 Å². The van der Waals surface area contributed by atoms with E-state index in [0.29, 0.717) is 29.7 Å². The second-order valence-corrected chi connectivity index (χ2v) is 13.2. The molecule has 0 spiro atoms. The minimum atomic E-state index is -3.25. The fourth-order valence-corrected chi connectivity index (χ4v) is 8.16. The van der Waals surface area contributed by atoms with Crippen LogP contribution in [-0.2, 0) is 0 Å². The summed E-state index contributed by atoms with van der Waals surface area (Å²) in [6.07, 6.45) is 5.00. The van der Waals surface area contributed by atoms with E-state index in [0.717, 1.165) is 22.7 Å². The largest absolute Gasteiger partial charge is 0.678 e. The molecule has 0 saturated heterocycles. The van der Waals surface area contributed by atoms with Crippen molar-refractivity contribution in [3.05, 3.63) is 129 Å². The number of hydrogen-bond donors (Lipinski definition) is 0. The normalized spacial score (nSPS) is 12.6. The van der Waals surface area contributed by atoms with Gasteiger partial charge < -0.3 is 8.96 Å². The molecule has 0 aliphatic heterocycles. The van der Waals surface area contributed by atoms with Gasteiger partial charge in [-0.1, -0.05) is 85.5 Å². The molecule has 4 aromatic heterocycles. The van der Waals surface area contributed by atoms with Crippen molar-refractivity contribution < 1.29 is 17.3 Å². The summed E-state index contributed by atoms with van der Waals surface area (Å²) in [5, 5.41) is 21.1. The maximum absolute atomic E-state index is 15.8. The van der Waals surface area contributed by atoms with Gasteiger partial charge in [0, 0.05) is 10.8 Å². The minimum absolute atomic E-state index is 0.0478. The first-order valence-corrected chi connectivity index (χ1v) is 17.1. The first kappa shape index (κ1) is 33.5. The molecule has 3 aromatic carbocycles. The second kappa shape index (κ2) is 13.8. The Labute approximate surface area is 297 Å². The molecular formula is C37H22B2F4N6S2. The van der Waals surface area contributed by atoms with Crippen LogP contribution in [0.5, 0.6) is 0 Å². The van der Waals surface area contributed by atoms with Gasteiger partial charge in [0.15, 0.2) is 0 Å². The number of aromatic nitrogens is 4. The van der Waals surface area contributed by atoms with Crippen molar-refractivity contribution in [1.82, 2.24) is 18.9 Å². The van der Waals surface area contributed by atoms with Crippen LogP contribution in [0.2, 0.25) is 0 Å². The van der Waals surface area contributed by atoms with Gasteiger partial charge in [0.05, 0.1) is 42.9 Å². The van der Waals surface area contributed by atoms with Gasteiger partial charge in [-0.15, -0.1) is 22.7 Å². The van der Waals surface area contributed by atoms with E-state index >= 15 is 17.3 Å². The van der Waals surface area contributed by atoms with Crippen LogP contribution in [-0.4, -0.2) is 33.7 Å². The van der Waals surface area contributed by atoms with E-state index in [4.69, 9.17) is 0 Å². The highest BCUT2D eigenvalue weighted by Gasteiger charge is 2.37. The summed E-state index contributed by atoms with van der Waals surface area (Å²) >= 11 is 2.20. The van der Waals surface area contributed by atoms with Gasteiger partial charge >= 0.3 is 14.8 Å². The molecule has 0 fully saturated rings. The Hall–Kier alpha value is -5.95. The smallest absolute Gasteiger partial charge is 0.323 e. The molecule has 0 aliphatic rings. The second-order valence-electron chi connectivity index (χ2n) is 11.1. The molecule has 7 rings (SSSR count). The number of nitrogens with zero attached hydrogens (tertiary/aromatic N) is 6. The van der Waals surface area contributed by atoms with Gasteiger partial charge in [0.25, 0.3) is 0 Å². The number of fused-ring (bicyclic) bond motifs is 2. The number of nitriles is 2. The summed E-state index contributed by atoms with van der Waals surface area (Å²) in [4.78, 5) is 9.83. The molecule has 0 aliphatic carbocycles. The summed E-state index contributed by atoms with van der Waals surface area (Å²) < 4.78 is 65.3. The highest BCUT2D eigenvalue weighted by atomic mass is 32.1. The zero-order chi connectivity index (χ0) is 35.8. The molecule has 14 heteroatoms. The lowest BCUT2D eigenvalue weighted by atomic mass is 10.0. The van der Waals surface area contributed by atoms with Crippen molar-refractivity contribution in [1.29, 1.82) is 10.5 Å². The maximum Gasteiger partial charge on any atom is 0.678 e. The van der Waals surface area contributed by atoms with Crippen LogP contribution >= 0.6 is 22.7 Å². The quantitative estimate of drug-likeness (QED) is 0.117. The van der Waals surface area contributed by atoms with Crippen LogP contribution in [0.4, 0.5) is 17.3 Å². The molecule has 6 nitrogen and oxygen atoms in total. The molecule has 0 saturated carbocycles. The maximum atomic E-state index is 15.8. The van der Waals surface area contributed by atoms with Crippen LogP contribution in [0.25, 0.3) is 66.8 Å². The molecule has 0 amide bonds. The van der Waals surface area contributed by atoms with Crippen molar-refractivity contribution in [2.45, 2.75) is 6.92 Å². The molecular weight excluding hydrogens is 690 g/mol. The highest BCUT2D eigenvalue weighted by Crippen LogP contribution is 2.37. The number of hydrogen-bond acceptors (Lipinski definition) is 6. The molecule has 0 N–H and O–H groups in total. The molecule has 4 heterocycles. The third-order valence-electron chi connectivity index (χ3n) is 8.26. The summed E-state index contributed by atoms with van der Waals surface area (Å²) in [7, 11) is -6.49. The van der Waals surface area contributed by atoms with Gasteiger partial charge in [-0.05, 0) is 42.3 Å². The van der Waals surface area contributed by atoms with E-state index in [9.17, 15) is 10.5 Å². The van der Waals surface area contributed by atoms with E-state index < -0.39 is 14.8 Å². The Morgan fingerprint density at radius 3 is 1.67 bits per heavy atom. The van der Waals surface area contributed by atoms with E-state index in [2.05, 4.69) is 28.7 Å². The third kappa shape index (κ3) is 5.59. The Bertz CT molecular complexity index is 2650. The SMILES string of the molecule is C=Cc1sc(/C(C#N)=c2/c3c(-c4ccccc4)n(B(F)F)/c(=C(/C#N)c4nc5ccccc5s4)c3c(-c3ccccc3)n2B(F)F)nc1/C=C\C. The van der Waals surface area contributed by atoms with Gasteiger partial charge in [0.1, 0.15) is 33.3 Å². The number of benzene rings is 3. The van der Waals surface area contributed by atoms with E-state index in [1.54, 1.807) is 110 Å². The van der Waals surface area contributed by atoms with Gasteiger partial charge in [-0.25, -0.2) is 9.97 Å². The van der Waals surface area contributed by atoms with Crippen molar-refractivity contribution in [2.24, 2.45) is 0 Å². The lowest BCUT2D eigenvalue weighted by molar-refractivity contribution is 0.626. The zero-order valence-corrected chi connectivity index (χ0v) is 28.3. The first-order chi connectivity index (χ1) is 24.8. The number of allylic oxidation sites excluding steroid dienone is 1. The van der Waals surface area contributed by atoms with Crippen LogP contribution in [0.1, 0.15) is 27.5 Å². The predicted molar refractivity (Wildman–Crippen MR) is 200 cm³/mol. The molecule has 246 valence electrons. The fraction of sp³-hybridized carbons (Fsp3) is 0.0270. The van der Waals surface area contributed by atoms with E-state index in [1.807, 2.05) is 0 Å². The average molecular weight is 712 g/mol. The van der Waals surface area contributed by atoms with Crippen molar-refractivity contribution in [2.75, 3.05) is 0 Å². The predicted octanol–water partition coefficient (Wildman–Crippen LogP) is 8.51. The standard InChI is InChI=1S/C37H22B2F4N6S2/c1-3-13-26-28(4-2)50-36(46-26)24(20-44)34-30-31(33(48(34)38(40)41)23-16-9-6-10-17-23)35(49(39(42)43)32(30)22-14-7-5-8-15-22)25(21-45)37-47-27-18-11-12-19-29(27)51-37/h3-19H,2H2,1H3/b13-3-,34-24-,35-25-. The molecule has 51 heavy (non-hydrogen) atoms. The average Bonchev–Trinajstić information content (AvgIpc) is 3.91. The molecule has 7 aromatic rings. The Balaban J connectivity index is 1.86. The number of para-hydroxylation sites is 1. The van der Waals surface area contributed by atoms with E-state index in [1.165, 1.54) is 0 Å².